The number of Topliss-reactive ketones (excluding diaryl/α,β-unsaturated/α-hetero) is 1. The molecule has 0 bridgehead atoms. The number of carbonyl (C=O) groups excluding carboxylic acids is 1. The summed E-state index contributed by atoms with van der Waals surface area (Å²) in [5, 5.41) is 26.8. The second-order valence-corrected chi connectivity index (χ2v) is 16.2. The molecule has 0 saturated carbocycles. The van der Waals surface area contributed by atoms with E-state index in [0.717, 1.165) is 36.0 Å². The van der Waals surface area contributed by atoms with Crippen molar-refractivity contribution in [3.05, 3.63) is 125 Å². The fourth-order valence-corrected chi connectivity index (χ4v) is 7.62. The minimum atomic E-state index is -4.94. The second-order valence-electron chi connectivity index (χ2n) is 12.0. The minimum Gasteiger partial charge on any atom is -0.507 e. The number of hydrogen-bond acceptors (Lipinski definition) is 13. The Morgan fingerprint density at radius 2 is 1.24 bits per heavy atom. The highest BCUT2D eigenvalue weighted by Gasteiger charge is 2.33. The van der Waals surface area contributed by atoms with Crippen molar-refractivity contribution in [3.8, 4) is 5.75 Å². The Bertz CT molecular complexity index is 3040. The number of nitrogens with zero attached hydrogens (tertiary/aromatic N) is 3. The second kappa shape index (κ2) is 13.8. The Labute approximate surface area is 312 Å². The number of azo groups is 1. The number of ketones is 1. The zero-order chi connectivity index (χ0) is 39.3. The first kappa shape index (κ1) is 37.0. The molecule has 0 heterocycles. The van der Waals surface area contributed by atoms with Gasteiger partial charge in [0.15, 0.2) is 5.71 Å². The Kier molecular flexibility index (Phi) is 9.29. The monoisotopic (exact) mass is 799 g/mol. The number of hydrogen-bond donors (Lipinski definition) is 6. The Hall–Kier alpha value is -6.35. The number of benzene rings is 6. The average Bonchev–Trinajstić information content (AvgIpc) is 3.12. The van der Waals surface area contributed by atoms with Crippen LogP contribution in [0.5, 0.6) is 5.75 Å². The minimum absolute atomic E-state index is 0.137. The molecule has 19 heteroatoms. The van der Waals surface area contributed by atoms with Gasteiger partial charge in [-0.25, -0.2) is 0 Å². The van der Waals surface area contributed by atoms with E-state index >= 15 is 0 Å². The summed E-state index contributed by atoms with van der Waals surface area (Å²) >= 11 is 0. The topological polar surface area (TPSA) is 262 Å². The average molecular weight is 800 g/mol. The molecule has 6 aromatic rings. The first-order chi connectivity index (χ1) is 26.0. The van der Waals surface area contributed by atoms with Crippen LogP contribution in [0.3, 0.4) is 0 Å². The number of fused-ring (bicyclic) bond motifs is 3. The molecule has 0 spiro atoms. The highest BCUT2D eigenvalue weighted by atomic mass is 32.2. The summed E-state index contributed by atoms with van der Waals surface area (Å²) in [6, 6.07) is 26.8. The van der Waals surface area contributed by atoms with Gasteiger partial charge in [-0.1, -0.05) is 42.5 Å². The van der Waals surface area contributed by atoms with E-state index in [1.807, 2.05) is 30.3 Å². The van der Waals surface area contributed by atoms with Crippen LogP contribution in [0.15, 0.2) is 139 Å². The number of rotatable bonds is 9. The predicted octanol–water partition coefficient (Wildman–Crippen LogP) is 7.24. The van der Waals surface area contributed by atoms with E-state index in [0.29, 0.717) is 16.5 Å². The summed E-state index contributed by atoms with van der Waals surface area (Å²) in [7, 11) is -14.6. The van der Waals surface area contributed by atoms with Crippen molar-refractivity contribution in [3.63, 3.8) is 0 Å². The van der Waals surface area contributed by atoms with E-state index in [9.17, 15) is 48.8 Å². The molecule has 0 aliphatic heterocycles. The summed E-state index contributed by atoms with van der Waals surface area (Å²) < 4.78 is 102. The summed E-state index contributed by atoms with van der Waals surface area (Å²) in [6.07, 6.45) is 1.15. The van der Waals surface area contributed by atoms with Gasteiger partial charge in [0.2, 0.25) is 5.78 Å². The lowest BCUT2D eigenvalue weighted by molar-refractivity contribution is 0.106. The zero-order valence-electron chi connectivity index (χ0n) is 27.7. The molecular weight excluding hydrogens is 775 g/mol. The predicted molar refractivity (Wildman–Crippen MR) is 204 cm³/mol. The van der Waals surface area contributed by atoms with E-state index < -0.39 is 62.3 Å². The Morgan fingerprint density at radius 1 is 0.600 bits per heavy atom. The first-order valence-corrected chi connectivity index (χ1v) is 20.0. The molecule has 7 rings (SSSR count). The number of para-hydroxylation sites is 1. The van der Waals surface area contributed by atoms with Crippen LogP contribution in [0.25, 0.3) is 27.6 Å². The molecule has 0 fully saturated rings. The highest BCUT2D eigenvalue weighted by molar-refractivity contribution is 7.91. The van der Waals surface area contributed by atoms with Crippen molar-refractivity contribution in [1.29, 1.82) is 0 Å². The van der Waals surface area contributed by atoms with E-state index in [1.54, 1.807) is 36.4 Å². The van der Waals surface area contributed by atoms with Crippen LogP contribution in [-0.4, -0.2) is 55.5 Å². The molecule has 278 valence electrons. The maximum atomic E-state index is 13.6. The summed E-state index contributed by atoms with van der Waals surface area (Å²) in [4.78, 5) is 11.5. The van der Waals surface area contributed by atoms with Crippen molar-refractivity contribution in [2.24, 2.45) is 15.3 Å². The van der Waals surface area contributed by atoms with Crippen LogP contribution in [0.1, 0.15) is 15.9 Å². The summed E-state index contributed by atoms with van der Waals surface area (Å²) in [5.41, 5.74) is 4.00. The van der Waals surface area contributed by atoms with Crippen LogP contribution in [0, 0.1) is 0 Å². The molecule has 0 aromatic heterocycles. The molecule has 6 aromatic carbocycles. The van der Waals surface area contributed by atoms with E-state index in [-0.39, 0.29) is 39.0 Å². The van der Waals surface area contributed by atoms with Gasteiger partial charge in [0.1, 0.15) is 10.7 Å². The van der Waals surface area contributed by atoms with Crippen LogP contribution in [-0.2, 0) is 30.4 Å². The van der Waals surface area contributed by atoms with Crippen LogP contribution >= 0.6 is 0 Å². The lowest BCUT2D eigenvalue weighted by Crippen LogP contribution is -2.27. The number of anilines is 3. The number of allylic oxidation sites excluding steroid dienone is 1. The van der Waals surface area contributed by atoms with Crippen molar-refractivity contribution < 1.29 is 48.8 Å². The lowest BCUT2D eigenvalue weighted by Gasteiger charge is -2.18. The molecule has 0 atom stereocenters. The zero-order valence-corrected chi connectivity index (χ0v) is 30.1. The van der Waals surface area contributed by atoms with Gasteiger partial charge in [-0.2, -0.15) is 30.4 Å². The third-order valence-corrected chi connectivity index (χ3v) is 10.9. The van der Waals surface area contributed by atoms with Crippen molar-refractivity contribution >= 4 is 97.9 Å². The number of aromatic hydroxyl groups is 1. The van der Waals surface area contributed by atoms with E-state index in [2.05, 4.69) is 26.1 Å². The van der Waals surface area contributed by atoms with Gasteiger partial charge in [-0.05, 0) is 77.7 Å². The number of phenols is 1. The van der Waals surface area contributed by atoms with E-state index in [1.165, 1.54) is 18.2 Å². The highest BCUT2D eigenvalue weighted by Crippen LogP contribution is 2.40. The van der Waals surface area contributed by atoms with Gasteiger partial charge >= 0.3 is 0 Å². The number of nitrogens with one attached hydrogen (secondary N) is 2. The third-order valence-electron chi connectivity index (χ3n) is 8.38. The fraction of sp³-hybridized carbons (Fsp3) is 0. The van der Waals surface area contributed by atoms with Crippen LogP contribution < -0.4 is 10.7 Å². The molecule has 0 saturated heterocycles. The molecule has 0 unspecified atom stereocenters. The largest absolute Gasteiger partial charge is 0.507 e. The molecule has 55 heavy (non-hydrogen) atoms. The first-order valence-electron chi connectivity index (χ1n) is 15.7. The maximum Gasteiger partial charge on any atom is 0.296 e. The normalized spacial score (nSPS) is 14.3. The quantitative estimate of drug-likeness (QED) is 0.0479. The molecule has 6 N–H and O–H groups in total. The molecule has 0 amide bonds. The maximum absolute atomic E-state index is 13.6. The smallest absolute Gasteiger partial charge is 0.296 e. The van der Waals surface area contributed by atoms with Gasteiger partial charge in [-0.3, -0.25) is 23.9 Å². The summed E-state index contributed by atoms with van der Waals surface area (Å²) in [6.45, 7) is 0. The fourth-order valence-electron chi connectivity index (χ4n) is 5.89. The molecule has 16 nitrogen and oxygen atoms in total. The third kappa shape index (κ3) is 7.55. The number of hydrazone groups is 1. The van der Waals surface area contributed by atoms with E-state index in [4.69, 9.17) is 0 Å². The molecule has 1 aliphatic carbocycles. The van der Waals surface area contributed by atoms with Gasteiger partial charge in [0.05, 0.1) is 32.2 Å². The number of carbonyl (C=O) groups is 1. The lowest BCUT2D eigenvalue weighted by atomic mass is 9.94. The Balaban J connectivity index is 1.26. The summed E-state index contributed by atoms with van der Waals surface area (Å²) in [5.74, 6) is -1.46. The van der Waals surface area contributed by atoms with Crippen LogP contribution in [0.4, 0.5) is 28.4 Å². The van der Waals surface area contributed by atoms with Gasteiger partial charge < -0.3 is 10.4 Å². The van der Waals surface area contributed by atoms with Gasteiger partial charge in [0.25, 0.3) is 30.4 Å². The Morgan fingerprint density at radius 3 is 1.91 bits per heavy atom. The van der Waals surface area contributed by atoms with Gasteiger partial charge in [-0.15, -0.1) is 10.2 Å². The standard InChI is InChI=1S/C36H25N5O11S3/c42-32-19-25(54(47,48)49)16-21-15-24(53(44,45)46)18-31(34(21)32)40-38-29-12-13-30(28-9-5-4-8-27(28)29)39-41-35-33(55(50,51)52)17-20-14-23(10-11-26(20)36(35)43)37-22-6-2-1-3-7-22/h1-19,37,39,42H,(H,44,45,46)(H,47,48,49)(H,50,51,52). The SMILES string of the molecule is O=C1C(=NNc2ccc(N=Nc3cc(S(=O)(=O)O)cc4cc(S(=O)(=O)O)cc(O)c34)c3ccccc23)C(S(=O)(=O)O)=Cc2cc(Nc3ccccc3)ccc21. The van der Waals surface area contributed by atoms with Gasteiger partial charge in [0, 0.05) is 33.8 Å². The van der Waals surface area contributed by atoms with Crippen molar-refractivity contribution in [2.45, 2.75) is 9.79 Å². The number of phenolic OH excluding ortho intramolecular Hbond substituents is 1. The molecular formula is C36H25N5O11S3. The molecule has 0 radical (unpaired) electrons. The van der Waals surface area contributed by atoms with Crippen molar-refractivity contribution in [1.82, 2.24) is 0 Å². The van der Waals surface area contributed by atoms with Crippen molar-refractivity contribution in [2.75, 3.05) is 10.7 Å². The van der Waals surface area contributed by atoms with Crippen LogP contribution in [0.2, 0.25) is 0 Å². The molecule has 1 aliphatic rings.